The molecule has 0 aromatic heterocycles. The fourth-order valence-corrected chi connectivity index (χ4v) is 6.89. The van der Waals surface area contributed by atoms with Gasteiger partial charge in [0.2, 0.25) is 5.91 Å². The van der Waals surface area contributed by atoms with Gasteiger partial charge in [0.05, 0.1) is 0 Å². The van der Waals surface area contributed by atoms with Crippen LogP contribution in [0.2, 0.25) is 0 Å². The number of carbonyl (C=O) groups is 2. The number of piperidine rings is 1. The zero-order valence-electron chi connectivity index (χ0n) is 15.0. The molecule has 1 heterocycles. The monoisotopic (exact) mass is 327 g/mol. The highest BCUT2D eigenvalue weighted by molar-refractivity contribution is 5.87. The van der Waals surface area contributed by atoms with Crippen LogP contribution in [0.3, 0.4) is 0 Å². The fraction of sp³-hybridized carbons (Fsp3) is 0.810. The number of allylic oxidation sites excluding steroid dienone is 2. The van der Waals surface area contributed by atoms with Crippen molar-refractivity contribution in [2.45, 2.75) is 77.7 Å². The summed E-state index contributed by atoms with van der Waals surface area (Å²) in [6.07, 6.45) is 11.7. The van der Waals surface area contributed by atoms with Crippen molar-refractivity contribution in [1.29, 1.82) is 0 Å². The normalized spacial score (nSPS) is 47.8. The molecule has 0 spiro atoms. The largest absolute Gasteiger partial charge is 0.313 e. The molecule has 1 aliphatic heterocycles. The molecule has 0 aromatic carbocycles. The molecule has 130 valence electrons. The molecule has 4 aliphatic carbocycles. The highest BCUT2D eigenvalue weighted by atomic mass is 16.2. The molecule has 5 aliphatic rings. The average molecular weight is 327 g/mol. The molecule has 3 heteroatoms. The van der Waals surface area contributed by atoms with Gasteiger partial charge in [0.25, 0.3) is 0 Å². The molecule has 3 saturated carbocycles. The van der Waals surface area contributed by atoms with E-state index >= 15 is 0 Å². The first-order valence-electron chi connectivity index (χ1n) is 10.0. The molecule has 4 fully saturated rings. The lowest BCUT2D eigenvalue weighted by Gasteiger charge is -2.57. The summed E-state index contributed by atoms with van der Waals surface area (Å²) in [5.74, 6) is 2.76. The molecule has 5 rings (SSSR count). The van der Waals surface area contributed by atoms with Crippen LogP contribution in [-0.4, -0.2) is 22.6 Å². The van der Waals surface area contributed by atoms with Gasteiger partial charge in [0.15, 0.2) is 0 Å². The van der Waals surface area contributed by atoms with Gasteiger partial charge in [-0.2, -0.15) is 0 Å². The standard InChI is InChI=1S/C21H29NO2/c1-20-12-10-19(24)22(13-3-4-13)17(20)7-5-14-15-6-8-18(23)21(15,2)11-9-16(14)20/h7,13-16H,3-6,8-12H2,1-2H3/t14-,15-,16-,20+,21-/m0/s1. The second-order valence-corrected chi connectivity index (χ2v) is 9.53. The predicted molar refractivity (Wildman–Crippen MR) is 92.0 cm³/mol. The second-order valence-electron chi connectivity index (χ2n) is 9.53. The Morgan fingerprint density at radius 3 is 2.46 bits per heavy atom. The quantitative estimate of drug-likeness (QED) is 0.728. The van der Waals surface area contributed by atoms with Crippen LogP contribution in [0.5, 0.6) is 0 Å². The van der Waals surface area contributed by atoms with Gasteiger partial charge >= 0.3 is 0 Å². The Hall–Kier alpha value is -1.12. The summed E-state index contributed by atoms with van der Waals surface area (Å²) in [6, 6.07) is 0.488. The summed E-state index contributed by atoms with van der Waals surface area (Å²) in [4.78, 5) is 27.2. The molecule has 1 saturated heterocycles. The number of hydrogen-bond donors (Lipinski definition) is 0. The van der Waals surface area contributed by atoms with Crippen molar-refractivity contribution in [3.63, 3.8) is 0 Å². The topological polar surface area (TPSA) is 37.4 Å². The van der Waals surface area contributed by atoms with E-state index < -0.39 is 0 Å². The van der Waals surface area contributed by atoms with Crippen LogP contribution in [-0.2, 0) is 9.59 Å². The Morgan fingerprint density at radius 2 is 1.71 bits per heavy atom. The minimum atomic E-state index is -0.0520. The van der Waals surface area contributed by atoms with E-state index in [0.717, 1.165) is 32.1 Å². The maximum absolute atomic E-state index is 12.5. The van der Waals surface area contributed by atoms with Crippen LogP contribution >= 0.6 is 0 Å². The highest BCUT2D eigenvalue weighted by Crippen LogP contribution is 2.64. The third-order valence-corrected chi connectivity index (χ3v) is 8.43. The molecule has 0 unspecified atom stereocenters. The van der Waals surface area contributed by atoms with E-state index in [1.165, 1.54) is 25.0 Å². The number of hydrogen-bond acceptors (Lipinski definition) is 2. The molecular weight excluding hydrogens is 298 g/mol. The first-order valence-corrected chi connectivity index (χ1v) is 10.0. The lowest BCUT2D eigenvalue weighted by Crippen LogP contribution is -2.54. The number of nitrogens with zero attached hydrogens (tertiary/aromatic N) is 1. The van der Waals surface area contributed by atoms with E-state index in [-0.39, 0.29) is 10.8 Å². The first-order chi connectivity index (χ1) is 11.4. The number of amides is 1. The number of ketones is 1. The van der Waals surface area contributed by atoms with Crippen LogP contribution in [0.4, 0.5) is 0 Å². The van der Waals surface area contributed by atoms with Gasteiger partial charge in [0.1, 0.15) is 5.78 Å². The van der Waals surface area contributed by atoms with Crippen molar-refractivity contribution in [1.82, 2.24) is 4.90 Å². The molecular formula is C21H29NO2. The number of Topliss-reactive ketones (excluding diaryl/α,β-unsaturated/α-hetero) is 1. The number of rotatable bonds is 1. The molecule has 5 atom stereocenters. The number of carbonyl (C=O) groups excluding carboxylic acids is 2. The van der Waals surface area contributed by atoms with E-state index in [0.29, 0.717) is 41.9 Å². The zero-order chi connectivity index (χ0) is 16.7. The van der Waals surface area contributed by atoms with E-state index in [4.69, 9.17) is 0 Å². The molecule has 24 heavy (non-hydrogen) atoms. The number of fused-ring (bicyclic) bond motifs is 5. The van der Waals surface area contributed by atoms with E-state index in [9.17, 15) is 9.59 Å². The minimum absolute atomic E-state index is 0.0520. The predicted octanol–water partition coefficient (Wildman–Crippen LogP) is 4.08. The molecule has 0 aromatic rings. The van der Waals surface area contributed by atoms with E-state index in [1.54, 1.807) is 0 Å². The molecule has 0 N–H and O–H groups in total. The molecule has 3 nitrogen and oxygen atoms in total. The van der Waals surface area contributed by atoms with Crippen molar-refractivity contribution in [2.75, 3.05) is 0 Å². The van der Waals surface area contributed by atoms with Crippen molar-refractivity contribution >= 4 is 11.7 Å². The van der Waals surface area contributed by atoms with Crippen LogP contribution in [0.15, 0.2) is 11.8 Å². The van der Waals surface area contributed by atoms with Crippen LogP contribution in [0, 0.1) is 28.6 Å². The van der Waals surface area contributed by atoms with Gasteiger partial charge in [-0.05, 0) is 62.7 Å². The van der Waals surface area contributed by atoms with Crippen molar-refractivity contribution < 1.29 is 9.59 Å². The smallest absolute Gasteiger partial charge is 0.227 e. The lowest BCUT2D eigenvalue weighted by molar-refractivity contribution is -0.139. The Morgan fingerprint density at radius 1 is 0.958 bits per heavy atom. The fourth-order valence-electron chi connectivity index (χ4n) is 6.89. The van der Waals surface area contributed by atoms with E-state index in [2.05, 4.69) is 24.8 Å². The maximum Gasteiger partial charge on any atom is 0.227 e. The van der Waals surface area contributed by atoms with Crippen molar-refractivity contribution in [2.24, 2.45) is 28.6 Å². The van der Waals surface area contributed by atoms with Gasteiger partial charge in [0, 0.05) is 35.4 Å². The molecule has 0 radical (unpaired) electrons. The third-order valence-electron chi connectivity index (χ3n) is 8.43. The van der Waals surface area contributed by atoms with Gasteiger partial charge in [-0.3, -0.25) is 9.59 Å². The summed E-state index contributed by atoms with van der Waals surface area (Å²) in [5, 5.41) is 0. The van der Waals surface area contributed by atoms with Crippen molar-refractivity contribution in [3.8, 4) is 0 Å². The Bertz CT molecular complexity index is 648. The average Bonchev–Trinajstić information content (AvgIpc) is 3.34. The van der Waals surface area contributed by atoms with Gasteiger partial charge in [-0.1, -0.05) is 19.9 Å². The van der Waals surface area contributed by atoms with Gasteiger partial charge in [-0.25, -0.2) is 0 Å². The zero-order valence-corrected chi connectivity index (χ0v) is 15.0. The SMILES string of the molecule is C[C@]12CCC(=O)N(C3CC3)C1=CC[C@@H]1[C@@H]2CC[C@]2(C)C(=O)CC[C@@H]12. The summed E-state index contributed by atoms with van der Waals surface area (Å²) < 4.78 is 0. The summed E-state index contributed by atoms with van der Waals surface area (Å²) >= 11 is 0. The van der Waals surface area contributed by atoms with Gasteiger partial charge in [-0.15, -0.1) is 0 Å². The van der Waals surface area contributed by atoms with Crippen LogP contribution in [0.25, 0.3) is 0 Å². The molecule has 0 bridgehead atoms. The minimum Gasteiger partial charge on any atom is -0.313 e. The number of likely N-dealkylation sites (tertiary alicyclic amines) is 1. The van der Waals surface area contributed by atoms with Crippen LogP contribution in [0.1, 0.15) is 71.6 Å². The summed E-state index contributed by atoms with van der Waals surface area (Å²) in [6.45, 7) is 4.67. The highest BCUT2D eigenvalue weighted by Gasteiger charge is 2.60. The Balaban J connectivity index is 1.53. The lowest BCUT2D eigenvalue weighted by atomic mass is 9.50. The summed E-state index contributed by atoms with van der Waals surface area (Å²) in [5.41, 5.74) is 1.46. The third kappa shape index (κ3) is 1.79. The van der Waals surface area contributed by atoms with Gasteiger partial charge < -0.3 is 4.90 Å². The Labute approximate surface area is 144 Å². The summed E-state index contributed by atoms with van der Waals surface area (Å²) in [7, 11) is 0. The van der Waals surface area contributed by atoms with Crippen LogP contribution < -0.4 is 0 Å². The maximum atomic E-state index is 12.5. The Kier molecular flexibility index (Phi) is 2.99. The first kappa shape index (κ1) is 15.2. The van der Waals surface area contributed by atoms with E-state index in [1.807, 2.05) is 0 Å². The van der Waals surface area contributed by atoms with Crippen molar-refractivity contribution in [3.05, 3.63) is 11.8 Å². The molecule has 1 amide bonds. The second kappa shape index (κ2) is 4.74.